The Balaban J connectivity index is 2.32. The highest BCUT2D eigenvalue weighted by molar-refractivity contribution is 7.91. The van der Waals surface area contributed by atoms with Crippen molar-refractivity contribution in [2.75, 3.05) is 18.1 Å². The van der Waals surface area contributed by atoms with Gasteiger partial charge in [0.05, 0.1) is 23.2 Å². The van der Waals surface area contributed by atoms with Crippen LogP contribution < -0.4 is 5.32 Å². The van der Waals surface area contributed by atoms with Gasteiger partial charge >= 0.3 is 0 Å². The zero-order valence-corrected chi connectivity index (χ0v) is 12.8. The molecule has 0 bridgehead atoms. The van der Waals surface area contributed by atoms with Gasteiger partial charge in [-0.2, -0.15) is 5.10 Å². The van der Waals surface area contributed by atoms with Crippen molar-refractivity contribution < 1.29 is 8.42 Å². The van der Waals surface area contributed by atoms with Gasteiger partial charge in [-0.1, -0.05) is 13.8 Å². The molecule has 1 aromatic rings. The second-order valence-corrected chi connectivity index (χ2v) is 7.69. The zero-order chi connectivity index (χ0) is 14.1. The van der Waals surface area contributed by atoms with E-state index in [2.05, 4.69) is 24.3 Å². The van der Waals surface area contributed by atoms with Crippen LogP contribution in [0.15, 0.2) is 6.20 Å². The molecule has 0 aliphatic carbocycles. The van der Waals surface area contributed by atoms with Crippen molar-refractivity contribution >= 4 is 9.84 Å². The highest BCUT2D eigenvalue weighted by Gasteiger charge is 2.41. The van der Waals surface area contributed by atoms with Crippen LogP contribution in [0.5, 0.6) is 0 Å². The molecule has 0 saturated carbocycles. The molecule has 1 aliphatic rings. The highest BCUT2D eigenvalue weighted by atomic mass is 32.2. The summed E-state index contributed by atoms with van der Waals surface area (Å²) >= 11 is 0. The first-order valence-electron chi connectivity index (χ1n) is 6.89. The Hall–Kier alpha value is -0.880. The summed E-state index contributed by atoms with van der Waals surface area (Å²) in [7, 11) is -2.91. The van der Waals surface area contributed by atoms with Crippen molar-refractivity contribution in [1.29, 1.82) is 0 Å². The van der Waals surface area contributed by atoms with Gasteiger partial charge in [-0.3, -0.25) is 4.68 Å². The Morgan fingerprint density at radius 1 is 1.47 bits per heavy atom. The van der Waals surface area contributed by atoms with Gasteiger partial charge in [0.25, 0.3) is 0 Å². The third-order valence-electron chi connectivity index (χ3n) is 3.85. The predicted octanol–water partition coefficient (Wildman–Crippen LogP) is 1.09. The third kappa shape index (κ3) is 2.84. The van der Waals surface area contributed by atoms with E-state index in [1.165, 1.54) is 5.56 Å². The van der Waals surface area contributed by atoms with Crippen molar-refractivity contribution in [2.24, 2.45) is 0 Å². The molecule has 0 aromatic carbocycles. The Morgan fingerprint density at radius 3 is 2.74 bits per heavy atom. The number of aromatic nitrogens is 2. The largest absolute Gasteiger partial charge is 0.313 e. The van der Waals surface area contributed by atoms with Crippen LogP contribution in [0.2, 0.25) is 0 Å². The smallest absolute Gasteiger partial charge is 0.152 e. The molecular weight excluding hydrogens is 262 g/mol. The van der Waals surface area contributed by atoms with E-state index in [-0.39, 0.29) is 17.0 Å². The lowest BCUT2D eigenvalue weighted by atomic mass is 10.0. The van der Waals surface area contributed by atoms with Crippen LogP contribution in [0.25, 0.3) is 0 Å². The molecule has 0 spiro atoms. The highest BCUT2D eigenvalue weighted by Crippen LogP contribution is 2.32. The first kappa shape index (κ1) is 14.5. The van der Waals surface area contributed by atoms with Crippen molar-refractivity contribution in [3.63, 3.8) is 0 Å². The van der Waals surface area contributed by atoms with E-state index >= 15 is 0 Å². The molecule has 2 heterocycles. The van der Waals surface area contributed by atoms with Crippen LogP contribution in [0, 0.1) is 0 Å². The summed E-state index contributed by atoms with van der Waals surface area (Å²) in [6.45, 7) is 7.87. The number of rotatable bonds is 5. The van der Waals surface area contributed by atoms with E-state index in [0.29, 0.717) is 6.42 Å². The summed E-state index contributed by atoms with van der Waals surface area (Å²) in [6, 6.07) is 0. The van der Waals surface area contributed by atoms with E-state index in [1.807, 2.05) is 17.8 Å². The lowest BCUT2D eigenvalue weighted by Gasteiger charge is -2.25. The molecule has 1 aliphatic heterocycles. The second kappa shape index (κ2) is 5.25. The normalized spacial score (nSPS) is 25.8. The van der Waals surface area contributed by atoms with Gasteiger partial charge in [0.15, 0.2) is 9.84 Å². The second-order valence-electron chi connectivity index (χ2n) is 5.50. The SMILES string of the molecule is CCNCc1cnn(C2(C)CCS(=O)(=O)C2)c1CC. The van der Waals surface area contributed by atoms with Gasteiger partial charge in [0.1, 0.15) is 0 Å². The molecule has 1 atom stereocenters. The van der Waals surface area contributed by atoms with Crippen molar-refractivity contribution in [1.82, 2.24) is 15.1 Å². The first-order valence-corrected chi connectivity index (χ1v) is 8.71. The maximum Gasteiger partial charge on any atom is 0.152 e. The van der Waals surface area contributed by atoms with E-state index in [4.69, 9.17) is 0 Å². The lowest BCUT2D eigenvalue weighted by Crippen LogP contribution is -2.34. The summed E-state index contributed by atoms with van der Waals surface area (Å²) in [6.07, 6.45) is 3.40. The summed E-state index contributed by atoms with van der Waals surface area (Å²) < 4.78 is 25.4. The van der Waals surface area contributed by atoms with Gasteiger partial charge in [0, 0.05) is 17.8 Å². The van der Waals surface area contributed by atoms with Crippen LogP contribution in [0.4, 0.5) is 0 Å². The van der Waals surface area contributed by atoms with Gasteiger partial charge < -0.3 is 5.32 Å². The Morgan fingerprint density at radius 2 is 2.21 bits per heavy atom. The molecule has 1 fully saturated rings. The number of sulfone groups is 1. The van der Waals surface area contributed by atoms with E-state index in [0.717, 1.165) is 25.2 Å². The molecule has 108 valence electrons. The first-order chi connectivity index (χ1) is 8.92. The van der Waals surface area contributed by atoms with E-state index < -0.39 is 9.84 Å². The molecule has 5 nitrogen and oxygen atoms in total. The third-order valence-corrected chi connectivity index (χ3v) is 5.74. The molecule has 2 rings (SSSR count). The van der Waals surface area contributed by atoms with Crippen LogP contribution in [0.1, 0.15) is 38.4 Å². The minimum absolute atomic E-state index is 0.204. The molecule has 1 unspecified atom stereocenters. The summed E-state index contributed by atoms with van der Waals surface area (Å²) in [5.74, 6) is 0.477. The zero-order valence-electron chi connectivity index (χ0n) is 11.9. The van der Waals surface area contributed by atoms with Gasteiger partial charge in [-0.15, -0.1) is 0 Å². The maximum absolute atomic E-state index is 11.7. The molecule has 0 amide bonds. The van der Waals surface area contributed by atoms with Crippen molar-refractivity contribution in [2.45, 2.75) is 45.7 Å². The van der Waals surface area contributed by atoms with Crippen molar-refractivity contribution in [3.8, 4) is 0 Å². The number of hydrogen-bond donors (Lipinski definition) is 1. The molecule has 19 heavy (non-hydrogen) atoms. The van der Waals surface area contributed by atoms with Crippen molar-refractivity contribution in [3.05, 3.63) is 17.5 Å². The van der Waals surface area contributed by atoms with Gasteiger partial charge in [0.2, 0.25) is 0 Å². The number of nitrogens with zero attached hydrogens (tertiary/aromatic N) is 2. The molecule has 6 heteroatoms. The molecular formula is C13H23N3O2S. The van der Waals surface area contributed by atoms with Crippen LogP contribution >= 0.6 is 0 Å². The fourth-order valence-corrected chi connectivity index (χ4v) is 4.93. The Labute approximate surface area is 115 Å². The van der Waals surface area contributed by atoms with E-state index in [1.54, 1.807) is 0 Å². The summed E-state index contributed by atoms with van der Waals surface area (Å²) in [5, 5.41) is 7.77. The average Bonchev–Trinajstić information content (AvgIpc) is 2.88. The standard InChI is InChI=1S/C13H23N3O2S/c1-4-12-11(8-14-5-2)9-15-16(12)13(3)6-7-19(17,18)10-13/h9,14H,4-8,10H2,1-3H3. The molecule has 1 aromatic heterocycles. The quantitative estimate of drug-likeness (QED) is 0.879. The molecule has 1 saturated heterocycles. The molecule has 0 radical (unpaired) electrons. The monoisotopic (exact) mass is 285 g/mol. The van der Waals surface area contributed by atoms with Crippen LogP contribution in [0.3, 0.4) is 0 Å². The topological polar surface area (TPSA) is 64.0 Å². The average molecular weight is 285 g/mol. The van der Waals surface area contributed by atoms with E-state index in [9.17, 15) is 8.42 Å². The maximum atomic E-state index is 11.7. The number of hydrogen-bond acceptors (Lipinski definition) is 4. The van der Waals surface area contributed by atoms with Crippen LogP contribution in [-0.4, -0.2) is 36.2 Å². The molecule has 1 N–H and O–H groups in total. The lowest BCUT2D eigenvalue weighted by molar-refractivity contribution is 0.318. The fraction of sp³-hybridized carbons (Fsp3) is 0.769. The number of nitrogens with one attached hydrogen (secondary N) is 1. The minimum atomic E-state index is -2.91. The predicted molar refractivity (Wildman–Crippen MR) is 75.9 cm³/mol. The Bertz CT molecular complexity index is 550. The fourth-order valence-electron chi connectivity index (χ4n) is 2.82. The Kier molecular flexibility index (Phi) is 4.01. The van der Waals surface area contributed by atoms with Gasteiger partial charge in [-0.05, 0) is 26.3 Å². The van der Waals surface area contributed by atoms with Crippen LogP contribution in [-0.2, 0) is 28.3 Å². The minimum Gasteiger partial charge on any atom is -0.313 e. The summed E-state index contributed by atoms with van der Waals surface area (Å²) in [5.41, 5.74) is 1.95. The summed E-state index contributed by atoms with van der Waals surface area (Å²) in [4.78, 5) is 0. The van der Waals surface area contributed by atoms with Gasteiger partial charge in [-0.25, -0.2) is 8.42 Å².